The highest BCUT2D eigenvalue weighted by Crippen LogP contribution is 2.35. The molecule has 2 aliphatic heterocycles. The van der Waals surface area contributed by atoms with Gasteiger partial charge >= 0.3 is 6.03 Å². The minimum Gasteiger partial charge on any atom is -0.486 e. The number of carbonyl (C=O) groups is 2. The van der Waals surface area contributed by atoms with Crippen molar-refractivity contribution in [3.05, 3.63) is 54.1 Å². The third kappa shape index (κ3) is 5.04. The summed E-state index contributed by atoms with van der Waals surface area (Å²) < 4.78 is 6.01. The number of amides is 3. The molecule has 0 spiro atoms. The van der Waals surface area contributed by atoms with E-state index in [2.05, 4.69) is 36.5 Å². The number of anilines is 1. The highest BCUT2D eigenvalue weighted by atomic mass is 32.2. The lowest BCUT2D eigenvalue weighted by Crippen LogP contribution is -2.52. The summed E-state index contributed by atoms with van der Waals surface area (Å²) in [6.07, 6.45) is 4.27. The number of rotatable bonds is 5. The summed E-state index contributed by atoms with van der Waals surface area (Å²) in [5.41, 5.74) is 1.93. The molecule has 0 saturated carbocycles. The lowest BCUT2D eigenvalue weighted by molar-refractivity contribution is -0.126. The second-order valence-corrected chi connectivity index (χ2v) is 9.22. The molecule has 6 nitrogen and oxygen atoms in total. The molecule has 3 amide bonds. The third-order valence-electron chi connectivity index (χ3n) is 6.28. The van der Waals surface area contributed by atoms with E-state index in [9.17, 15) is 9.59 Å². The van der Waals surface area contributed by atoms with Gasteiger partial charge in [0.1, 0.15) is 11.9 Å². The van der Waals surface area contributed by atoms with Gasteiger partial charge < -0.3 is 15.0 Å². The van der Waals surface area contributed by atoms with E-state index in [1.807, 2.05) is 40.3 Å². The maximum atomic E-state index is 13.3. The van der Waals surface area contributed by atoms with Crippen molar-refractivity contribution in [1.82, 2.24) is 10.2 Å². The third-order valence-corrected chi connectivity index (χ3v) is 7.03. The fraction of sp³-hybridized carbons (Fsp3) is 0.440. The Bertz CT molecular complexity index is 942. The van der Waals surface area contributed by atoms with Crippen LogP contribution >= 0.6 is 11.8 Å². The zero-order valence-corrected chi connectivity index (χ0v) is 19.6. The number of para-hydroxylation sites is 2. The van der Waals surface area contributed by atoms with E-state index < -0.39 is 0 Å². The molecule has 7 heteroatoms. The van der Waals surface area contributed by atoms with Gasteiger partial charge in [0.25, 0.3) is 0 Å². The van der Waals surface area contributed by atoms with Gasteiger partial charge in [0.05, 0.1) is 12.2 Å². The van der Waals surface area contributed by atoms with Crippen LogP contribution in [0.1, 0.15) is 31.7 Å². The molecule has 2 aromatic rings. The first-order valence-corrected chi connectivity index (χ1v) is 12.5. The van der Waals surface area contributed by atoms with E-state index in [0.717, 1.165) is 23.4 Å². The molecule has 1 fully saturated rings. The number of carbonyl (C=O) groups excluding carboxylic acids is 2. The molecule has 2 heterocycles. The second kappa shape index (κ2) is 10.3. The normalized spacial score (nSPS) is 18.6. The minimum absolute atomic E-state index is 0.00199. The van der Waals surface area contributed by atoms with Crippen LogP contribution < -0.4 is 15.0 Å². The summed E-state index contributed by atoms with van der Waals surface area (Å²) in [6, 6.07) is 16.0. The van der Waals surface area contributed by atoms with E-state index in [1.165, 1.54) is 4.90 Å². The fourth-order valence-electron chi connectivity index (χ4n) is 4.27. The summed E-state index contributed by atoms with van der Waals surface area (Å²) in [6.45, 7) is 4.35. The van der Waals surface area contributed by atoms with E-state index in [-0.39, 0.29) is 24.0 Å². The fourth-order valence-corrected chi connectivity index (χ4v) is 4.68. The minimum atomic E-state index is -0.0510. The molecule has 0 aliphatic carbocycles. The van der Waals surface area contributed by atoms with Crippen LogP contribution in [0.3, 0.4) is 0 Å². The van der Waals surface area contributed by atoms with Crippen molar-refractivity contribution in [2.75, 3.05) is 30.8 Å². The van der Waals surface area contributed by atoms with E-state index in [0.29, 0.717) is 39.0 Å². The predicted octanol–water partition coefficient (Wildman–Crippen LogP) is 4.53. The summed E-state index contributed by atoms with van der Waals surface area (Å²) in [5, 5.41) is 3.06. The van der Waals surface area contributed by atoms with Crippen LogP contribution in [0.25, 0.3) is 0 Å². The lowest BCUT2D eigenvalue weighted by atomic mass is 9.96. The monoisotopic (exact) mass is 453 g/mol. The molecule has 170 valence electrons. The van der Waals surface area contributed by atoms with Gasteiger partial charge in [-0.3, -0.25) is 9.69 Å². The second-order valence-electron chi connectivity index (χ2n) is 8.34. The Morgan fingerprint density at radius 3 is 2.50 bits per heavy atom. The number of ether oxygens (including phenoxy) is 1. The van der Waals surface area contributed by atoms with Crippen molar-refractivity contribution < 1.29 is 14.3 Å². The number of benzene rings is 2. The molecular weight excluding hydrogens is 422 g/mol. The van der Waals surface area contributed by atoms with E-state index >= 15 is 0 Å². The number of hydrogen-bond donors (Lipinski definition) is 1. The average molecular weight is 454 g/mol. The van der Waals surface area contributed by atoms with Crippen molar-refractivity contribution in [1.29, 1.82) is 0 Å². The Morgan fingerprint density at radius 1 is 1.09 bits per heavy atom. The standard InChI is InChI=1S/C25H31N3O3S/c1-3-20-17-28(22-6-4-5-7-23(22)31-20)25(30)27-14-12-19(13-15-27)24(29)26-16-18-8-10-21(32-2)11-9-18/h4-11,19-20H,3,12-17H2,1-2H3,(H,26,29). The van der Waals surface area contributed by atoms with Gasteiger partial charge in [-0.05, 0) is 55.3 Å². The quantitative estimate of drug-likeness (QED) is 0.676. The van der Waals surface area contributed by atoms with Crippen molar-refractivity contribution in [3.8, 4) is 5.75 Å². The highest BCUT2D eigenvalue weighted by molar-refractivity contribution is 7.98. The summed E-state index contributed by atoms with van der Waals surface area (Å²) >= 11 is 1.70. The SMILES string of the molecule is CCC1CN(C(=O)N2CCC(C(=O)NCc3ccc(SC)cc3)CC2)c2ccccc2O1. The summed E-state index contributed by atoms with van der Waals surface area (Å²) in [5.74, 6) is 0.789. The number of likely N-dealkylation sites (tertiary alicyclic amines) is 1. The van der Waals surface area contributed by atoms with Gasteiger partial charge in [-0.2, -0.15) is 0 Å². The Balaban J connectivity index is 1.31. The Morgan fingerprint density at radius 2 is 1.81 bits per heavy atom. The number of nitrogens with zero attached hydrogens (tertiary/aromatic N) is 2. The smallest absolute Gasteiger partial charge is 0.324 e. The zero-order valence-electron chi connectivity index (χ0n) is 18.8. The molecule has 1 atom stereocenters. The van der Waals surface area contributed by atoms with E-state index in [1.54, 1.807) is 11.8 Å². The molecule has 4 rings (SSSR count). The van der Waals surface area contributed by atoms with Crippen molar-refractivity contribution in [3.63, 3.8) is 0 Å². The van der Waals surface area contributed by atoms with Crippen molar-refractivity contribution in [2.45, 2.75) is 43.7 Å². The van der Waals surface area contributed by atoms with Gasteiger partial charge in [-0.1, -0.05) is 31.2 Å². The van der Waals surface area contributed by atoms with E-state index in [4.69, 9.17) is 4.74 Å². The molecule has 0 aromatic heterocycles. The number of hydrogen-bond acceptors (Lipinski definition) is 4. The largest absolute Gasteiger partial charge is 0.486 e. The van der Waals surface area contributed by atoms with Gasteiger partial charge in [-0.25, -0.2) is 4.79 Å². The zero-order chi connectivity index (χ0) is 22.5. The van der Waals surface area contributed by atoms with Gasteiger partial charge in [0.15, 0.2) is 0 Å². The first-order valence-electron chi connectivity index (χ1n) is 11.3. The topological polar surface area (TPSA) is 61.9 Å². The number of thioether (sulfide) groups is 1. The Kier molecular flexibility index (Phi) is 7.25. The molecule has 0 radical (unpaired) electrons. The molecular formula is C25H31N3O3S. The maximum Gasteiger partial charge on any atom is 0.324 e. The van der Waals surface area contributed by atoms with Crippen LogP contribution in [-0.2, 0) is 11.3 Å². The number of urea groups is 1. The van der Waals surface area contributed by atoms with Crippen LogP contribution in [0, 0.1) is 5.92 Å². The summed E-state index contributed by atoms with van der Waals surface area (Å²) in [7, 11) is 0. The molecule has 1 N–H and O–H groups in total. The molecule has 32 heavy (non-hydrogen) atoms. The van der Waals surface area contributed by atoms with Crippen LogP contribution in [0.15, 0.2) is 53.4 Å². The van der Waals surface area contributed by atoms with Crippen molar-refractivity contribution in [2.24, 2.45) is 5.92 Å². The first-order chi connectivity index (χ1) is 15.6. The van der Waals surface area contributed by atoms with Gasteiger partial charge in [-0.15, -0.1) is 11.8 Å². The molecule has 0 bridgehead atoms. The van der Waals surface area contributed by atoms with Crippen LogP contribution in [0.2, 0.25) is 0 Å². The first kappa shape index (κ1) is 22.5. The highest BCUT2D eigenvalue weighted by Gasteiger charge is 2.34. The van der Waals surface area contributed by atoms with Gasteiger partial charge in [0.2, 0.25) is 5.91 Å². The van der Waals surface area contributed by atoms with Crippen molar-refractivity contribution >= 4 is 29.4 Å². The molecule has 2 aromatic carbocycles. The predicted molar refractivity (Wildman–Crippen MR) is 128 cm³/mol. The maximum absolute atomic E-state index is 13.3. The molecule has 1 unspecified atom stereocenters. The number of nitrogens with one attached hydrogen (secondary N) is 1. The molecule has 2 aliphatic rings. The number of piperidine rings is 1. The Hall–Kier alpha value is -2.67. The van der Waals surface area contributed by atoms with Gasteiger partial charge in [0, 0.05) is 30.4 Å². The van der Waals surface area contributed by atoms with Crippen LogP contribution in [-0.4, -0.2) is 48.8 Å². The number of fused-ring (bicyclic) bond motifs is 1. The summed E-state index contributed by atoms with van der Waals surface area (Å²) in [4.78, 5) is 30.9. The average Bonchev–Trinajstić information content (AvgIpc) is 2.86. The Labute approximate surface area is 194 Å². The van der Waals surface area contributed by atoms with Crippen LogP contribution in [0.4, 0.5) is 10.5 Å². The molecule has 1 saturated heterocycles. The lowest BCUT2D eigenvalue weighted by Gasteiger charge is -2.39. The van der Waals surface area contributed by atoms with Crippen LogP contribution in [0.5, 0.6) is 5.75 Å².